The molecule has 0 aromatic heterocycles. The first-order chi connectivity index (χ1) is 10.7. The molecule has 0 spiro atoms. The van der Waals surface area contributed by atoms with Crippen LogP contribution in [0.2, 0.25) is 10.0 Å². The molecule has 2 aromatic carbocycles. The molecule has 0 saturated carbocycles. The molecule has 1 saturated heterocycles. The third-order valence-electron chi connectivity index (χ3n) is 3.58. The van der Waals surface area contributed by atoms with E-state index in [1.165, 1.54) is 5.56 Å². The van der Waals surface area contributed by atoms with Crippen molar-refractivity contribution < 1.29 is 9.47 Å². The number of morpholine rings is 1. The molecule has 0 aliphatic carbocycles. The van der Waals surface area contributed by atoms with Crippen molar-refractivity contribution in [3.63, 3.8) is 0 Å². The Balaban J connectivity index is 1.64. The van der Waals surface area contributed by atoms with Gasteiger partial charge in [0.1, 0.15) is 6.61 Å². The van der Waals surface area contributed by atoms with E-state index in [0.29, 0.717) is 22.4 Å². The molecule has 0 bridgehead atoms. The van der Waals surface area contributed by atoms with Gasteiger partial charge in [-0.1, -0.05) is 53.5 Å². The molecule has 22 heavy (non-hydrogen) atoms. The smallest absolute Gasteiger partial charge is 0.156 e. The lowest BCUT2D eigenvalue weighted by atomic mass is 10.1. The van der Waals surface area contributed by atoms with Crippen LogP contribution in [0.1, 0.15) is 17.2 Å². The Kier molecular flexibility index (Phi) is 5.21. The summed E-state index contributed by atoms with van der Waals surface area (Å²) in [5, 5.41) is 4.37. The molecule has 1 heterocycles. The Morgan fingerprint density at radius 3 is 2.45 bits per heavy atom. The molecular formula is C17H17Cl2NO2. The van der Waals surface area contributed by atoms with Gasteiger partial charge in [-0.3, -0.25) is 0 Å². The highest BCUT2D eigenvalue weighted by Crippen LogP contribution is 2.33. The summed E-state index contributed by atoms with van der Waals surface area (Å²) < 4.78 is 11.5. The van der Waals surface area contributed by atoms with Crippen molar-refractivity contribution in [2.24, 2.45) is 0 Å². The van der Waals surface area contributed by atoms with E-state index in [1.54, 1.807) is 18.2 Å². The zero-order valence-electron chi connectivity index (χ0n) is 12.0. The first kappa shape index (κ1) is 15.6. The van der Waals surface area contributed by atoms with Gasteiger partial charge in [0.05, 0.1) is 22.8 Å². The van der Waals surface area contributed by atoms with Crippen LogP contribution in [-0.2, 0) is 11.3 Å². The van der Waals surface area contributed by atoms with Gasteiger partial charge in [0.15, 0.2) is 5.75 Å². The highest BCUT2D eigenvalue weighted by Gasteiger charge is 2.15. The van der Waals surface area contributed by atoms with Crippen molar-refractivity contribution in [2.45, 2.75) is 12.7 Å². The quantitative estimate of drug-likeness (QED) is 0.905. The maximum Gasteiger partial charge on any atom is 0.156 e. The summed E-state index contributed by atoms with van der Waals surface area (Å²) >= 11 is 12.2. The SMILES string of the molecule is Clc1cccc(Cl)c1OCc1ccc(C2CNCCO2)cc1. The van der Waals surface area contributed by atoms with Crippen LogP contribution >= 0.6 is 23.2 Å². The molecule has 1 atom stereocenters. The largest absolute Gasteiger partial charge is 0.486 e. The maximum absolute atomic E-state index is 6.09. The first-order valence-corrected chi connectivity index (χ1v) is 7.97. The van der Waals surface area contributed by atoms with Crippen LogP contribution in [0.25, 0.3) is 0 Å². The van der Waals surface area contributed by atoms with E-state index < -0.39 is 0 Å². The van der Waals surface area contributed by atoms with Gasteiger partial charge in [-0.05, 0) is 23.3 Å². The lowest BCUT2D eigenvalue weighted by Gasteiger charge is -2.24. The number of benzene rings is 2. The highest BCUT2D eigenvalue weighted by atomic mass is 35.5. The third kappa shape index (κ3) is 3.73. The van der Waals surface area contributed by atoms with Crippen LogP contribution in [-0.4, -0.2) is 19.7 Å². The first-order valence-electron chi connectivity index (χ1n) is 7.22. The van der Waals surface area contributed by atoms with Gasteiger partial charge in [0.2, 0.25) is 0 Å². The third-order valence-corrected chi connectivity index (χ3v) is 4.18. The van der Waals surface area contributed by atoms with Crippen molar-refractivity contribution in [2.75, 3.05) is 19.7 Å². The predicted octanol–water partition coefficient (Wildman–Crippen LogP) is 4.23. The molecule has 1 aliphatic rings. The fourth-order valence-electron chi connectivity index (χ4n) is 2.38. The topological polar surface area (TPSA) is 30.5 Å². The van der Waals surface area contributed by atoms with Crippen molar-refractivity contribution in [1.29, 1.82) is 0 Å². The molecule has 2 aromatic rings. The zero-order valence-corrected chi connectivity index (χ0v) is 13.5. The number of hydrogen-bond acceptors (Lipinski definition) is 3. The second kappa shape index (κ2) is 7.34. The summed E-state index contributed by atoms with van der Waals surface area (Å²) in [4.78, 5) is 0. The number of nitrogens with one attached hydrogen (secondary N) is 1. The van der Waals surface area contributed by atoms with Gasteiger partial charge >= 0.3 is 0 Å². The molecule has 0 radical (unpaired) electrons. The molecular weight excluding hydrogens is 321 g/mol. The summed E-state index contributed by atoms with van der Waals surface area (Å²) in [6, 6.07) is 13.5. The average Bonchev–Trinajstić information content (AvgIpc) is 2.56. The fraction of sp³-hybridized carbons (Fsp3) is 0.294. The van der Waals surface area contributed by atoms with Crippen LogP contribution < -0.4 is 10.1 Å². The normalized spacial score (nSPS) is 18.2. The van der Waals surface area contributed by atoms with Crippen LogP contribution in [0.3, 0.4) is 0 Å². The van der Waals surface area contributed by atoms with Gasteiger partial charge in [0, 0.05) is 13.1 Å². The van der Waals surface area contributed by atoms with Crippen molar-refractivity contribution in [1.82, 2.24) is 5.32 Å². The molecule has 3 nitrogen and oxygen atoms in total. The van der Waals surface area contributed by atoms with E-state index in [1.807, 2.05) is 12.1 Å². The molecule has 3 rings (SSSR count). The van der Waals surface area contributed by atoms with Crippen LogP contribution in [0, 0.1) is 0 Å². The predicted molar refractivity (Wildman–Crippen MR) is 88.8 cm³/mol. The van der Waals surface area contributed by atoms with Crippen molar-refractivity contribution in [3.8, 4) is 5.75 Å². The standard InChI is InChI=1S/C17H17Cl2NO2/c18-14-2-1-3-15(19)17(14)22-11-12-4-6-13(7-5-12)16-10-20-8-9-21-16/h1-7,16,20H,8-11H2. The summed E-state index contributed by atoms with van der Waals surface area (Å²) in [7, 11) is 0. The van der Waals surface area contributed by atoms with Crippen LogP contribution in [0.15, 0.2) is 42.5 Å². The number of para-hydroxylation sites is 1. The summed E-state index contributed by atoms with van der Waals surface area (Å²) in [5.74, 6) is 0.523. The van der Waals surface area contributed by atoms with Gasteiger partial charge in [0.25, 0.3) is 0 Å². The van der Waals surface area contributed by atoms with Gasteiger partial charge in [-0.25, -0.2) is 0 Å². The summed E-state index contributed by atoms with van der Waals surface area (Å²) in [5.41, 5.74) is 2.23. The van der Waals surface area contributed by atoms with E-state index in [2.05, 4.69) is 17.4 Å². The van der Waals surface area contributed by atoms with E-state index >= 15 is 0 Å². The highest BCUT2D eigenvalue weighted by molar-refractivity contribution is 6.37. The fourth-order valence-corrected chi connectivity index (χ4v) is 2.89. The minimum absolute atomic E-state index is 0.127. The Morgan fingerprint density at radius 2 is 1.82 bits per heavy atom. The lowest BCUT2D eigenvalue weighted by Crippen LogP contribution is -2.33. The lowest BCUT2D eigenvalue weighted by molar-refractivity contribution is 0.0277. The number of ether oxygens (including phenoxy) is 2. The molecule has 1 fully saturated rings. The molecule has 1 unspecified atom stereocenters. The molecule has 1 aliphatic heterocycles. The second-order valence-electron chi connectivity index (χ2n) is 5.14. The Labute approximate surface area is 140 Å². The maximum atomic E-state index is 6.09. The van der Waals surface area contributed by atoms with E-state index in [0.717, 1.165) is 25.3 Å². The minimum Gasteiger partial charge on any atom is -0.486 e. The number of halogens is 2. The van der Waals surface area contributed by atoms with Crippen molar-refractivity contribution >= 4 is 23.2 Å². The average molecular weight is 338 g/mol. The summed E-state index contributed by atoms with van der Waals surface area (Å²) in [6.45, 7) is 2.94. The van der Waals surface area contributed by atoms with E-state index in [9.17, 15) is 0 Å². The molecule has 5 heteroatoms. The number of hydrogen-bond donors (Lipinski definition) is 1. The monoisotopic (exact) mass is 337 g/mol. The Bertz CT molecular complexity index is 605. The molecule has 116 valence electrons. The van der Waals surface area contributed by atoms with Crippen LogP contribution in [0.4, 0.5) is 0 Å². The Hall–Kier alpha value is -1.26. The number of rotatable bonds is 4. The minimum atomic E-state index is 0.127. The van der Waals surface area contributed by atoms with Gasteiger partial charge in [-0.2, -0.15) is 0 Å². The van der Waals surface area contributed by atoms with E-state index in [-0.39, 0.29) is 6.10 Å². The Morgan fingerprint density at radius 1 is 1.09 bits per heavy atom. The van der Waals surface area contributed by atoms with Crippen LogP contribution in [0.5, 0.6) is 5.75 Å². The summed E-state index contributed by atoms with van der Waals surface area (Å²) in [6.07, 6.45) is 0.127. The molecule has 0 amide bonds. The van der Waals surface area contributed by atoms with E-state index in [4.69, 9.17) is 32.7 Å². The molecule has 1 N–H and O–H groups in total. The van der Waals surface area contributed by atoms with Crippen molar-refractivity contribution in [3.05, 3.63) is 63.6 Å². The second-order valence-corrected chi connectivity index (χ2v) is 5.96. The van der Waals surface area contributed by atoms with Gasteiger partial charge in [-0.15, -0.1) is 0 Å². The van der Waals surface area contributed by atoms with Gasteiger partial charge < -0.3 is 14.8 Å². The zero-order chi connectivity index (χ0) is 15.4.